The number of amides is 2. The van der Waals surface area contributed by atoms with Crippen molar-refractivity contribution in [1.82, 2.24) is 10.2 Å². The molecule has 0 spiro atoms. The summed E-state index contributed by atoms with van der Waals surface area (Å²) in [7, 11) is 0. The van der Waals surface area contributed by atoms with Gasteiger partial charge in [-0.3, -0.25) is 9.69 Å². The highest BCUT2D eigenvalue weighted by molar-refractivity contribution is 6.35. The van der Waals surface area contributed by atoms with Gasteiger partial charge in [-0.05, 0) is 57.7 Å². The van der Waals surface area contributed by atoms with Crippen LogP contribution >= 0.6 is 23.2 Å². The molecule has 1 aromatic carbocycles. The van der Waals surface area contributed by atoms with E-state index in [2.05, 4.69) is 5.32 Å². The van der Waals surface area contributed by atoms with Crippen molar-refractivity contribution in [2.24, 2.45) is 0 Å². The van der Waals surface area contributed by atoms with Gasteiger partial charge in [-0.25, -0.2) is 9.59 Å². The average molecular weight is 445 g/mol. The second-order valence-electron chi connectivity index (χ2n) is 7.78. The Morgan fingerprint density at radius 2 is 1.97 bits per heavy atom. The van der Waals surface area contributed by atoms with E-state index in [0.29, 0.717) is 42.4 Å². The van der Waals surface area contributed by atoms with Gasteiger partial charge in [0, 0.05) is 23.1 Å². The SMILES string of the molecule is CC(C)(C)OC(=O)N1CCCC1C(=O)OCC(=O)NCCc1ccc(Cl)cc1Cl. The molecule has 0 aromatic heterocycles. The van der Waals surface area contributed by atoms with Crippen LogP contribution in [0.3, 0.4) is 0 Å². The Morgan fingerprint density at radius 1 is 1.24 bits per heavy atom. The first-order chi connectivity index (χ1) is 13.6. The van der Waals surface area contributed by atoms with E-state index in [4.69, 9.17) is 32.7 Å². The van der Waals surface area contributed by atoms with E-state index in [-0.39, 0.29) is 0 Å². The van der Waals surface area contributed by atoms with Crippen molar-refractivity contribution in [1.29, 1.82) is 0 Å². The quantitative estimate of drug-likeness (QED) is 0.677. The molecule has 1 fully saturated rings. The van der Waals surface area contributed by atoms with Crippen LogP contribution in [0, 0.1) is 0 Å². The number of hydrogen-bond acceptors (Lipinski definition) is 5. The summed E-state index contributed by atoms with van der Waals surface area (Å²) in [6.45, 7) is 5.63. The number of benzene rings is 1. The molecule has 9 heteroatoms. The van der Waals surface area contributed by atoms with E-state index in [1.165, 1.54) is 4.90 Å². The van der Waals surface area contributed by atoms with Crippen molar-refractivity contribution >= 4 is 41.2 Å². The zero-order chi connectivity index (χ0) is 21.6. The zero-order valence-electron chi connectivity index (χ0n) is 16.8. The van der Waals surface area contributed by atoms with Gasteiger partial charge in [-0.2, -0.15) is 0 Å². The van der Waals surface area contributed by atoms with Gasteiger partial charge in [-0.15, -0.1) is 0 Å². The van der Waals surface area contributed by atoms with Crippen LogP contribution in [-0.2, 0) is 25.5 Å². The van der Waals surface area contributed by atoms with Crippen LogP contribution < -0.4 is 5.32 Å². The smallest absolute Gasteiger partial charge is 0.411 e. The fourth-order valence-electron chi connectivity index (χ4n) is 2.90. The highest BCUT2D eigenvalue weighted by Gasteiger charge is 2.37. The van der Waals surface area contributed by atoms with Crippen LogP contribution in [0.25, 0.3) is 0 Å². The number of nitrogens with zero attached hydrogens (tertiary/aromatic N) is 1. The second kappa shape index (κ2) is 10.2. The lowest BCUT2D eigenvalue weighted by Crippen LogP contribution is -2.44. The first-order valence-electron chi connectivity index (χ1n) is 9.44. The largest absolute Gasteiger partial charge is 0.454 e. The molecule has 2 amide bonds. The number of halogens is 2. The maximum absolute atomic E-state index is 12.3. The fraction of sp³-hybridized carbons (Fsp3) is 0.550. The molecule has 2 rings (SSSR count). The molecule has 1 N–H and O–H groups in total. The Hall–Kier alpha value is -1.99. The number of esters is 1. The first kappa shape index (κ1) is 23.3. The van der Waals surface area contributed by atoms with Gasteiger partial charge < -0.3 is 14.8 Å². The molecule has 1 saturated heterocycles. The molecule has 1 atom stereocenters. The van der Waals surface area contributed by atoms with E-state index in [0.717, 1.165) is 5.56 Å². The summed E-state index contributed by atoms with van der Waals surface area (Å²) in [5, 5.41) is 3.74. The van der Waals surface area contributed by atoms with Crippen LogP contribution in [0.4, 0.5) is 4.79 Å². The van der Waals surface area contributed by atoms with Crippen LogP contribution in [-0.4, -0.2) is 54.2 Å². The fourth-order valence-corrected chi connectivity index (χ4v) is 3.40. The number of nitrogens with one attached hydrogen (secondary N) is 1. The van der Waals surface area contributed by atoms with Gasteiger partial charge in [0.25, 0.3) is 5.91 Å². The summed E-state index contributed by atoms with van der Waals surface area (Å²) in [6, 6.07) is 4.43. The van der Waals surface area contributed by atoms with Crippen LogP contribution in [0.1, 0.15) is 39.2 Å². The van der Waals surface area contributed by atoms with E-state index in [1.807, 2.05) is 0 Å². The van der Waals surface area contributed by atoms with Crippen molar-refractivity contribution in [2.75, 3.05) is 19.7 Å². The van der Waals surface area contributed by atoms with Crippen molar-refractivity contribution in [2.45, 2.75) is 51.7 Å². The Balaban J connectivity index is 1.76. The minimum Gasteiger partial charge on any atom is -0.454 e. The van der Waals surface area contributed by atoms with Gasteiger partial charge in [0.1, 0.15) is 11.6 Å². The minimum absolute atomic E-state index is 0.338. The summed E-state index contributed by atoms with van der Waals surface area (Å²) < 4.78 is 10.4. The molecule has 1 aromatic rings. The Morgan fingerprint density at radius 3 is 2.62 bits per heavy atom. The molecule has 1 aliphatic rings. The third kappa shape index (κ3) is 7.40. The lowest BCUT2D eigenvalue weighted by molar-refractivity contribution is -0.152. The molecular formula is C20H26Cl2N2O5. The molecule has 160 valence electrons. The third-order valence-electron chi connectivity index (χ3n) is 4.23. The molecule has 0 saturated carbocycles. The molecule has 0 radical (unpaired) electrons. The van der Waals surface area contributed by atoms with Crippen LogP contribution in [0.15, 0.2) is 18.2 Å². The van der Waals surface area contributed by atoms with Gasteiger partial charge in [-0.1, -0.05) is 29.3 Å². The standard InChI is InChI=1S/C20H26Cl2N2O5/c1-20(2,3)29-19(27)24-10-4-5-16(24)18(26)28-12-17(25)23-9-8-13-6-7-14(21)11-15(13)22/h6-7,11,16H,4-5,8-10,12H2,1-3H3,(H,23,25). The van der Waals surface area contributed by atoms with Gasteiger partial charge >= 0.3 is 12.1 Å². The molecule has 0 aliphatic carbocycles. The number of carbonyl (C=O) groups excluding carboxylic acids is 3. The predicted molar refractivity (Wildman–Crippen MR) is 110 cm³/mol. The monoisotopic (exact) mass is 444 g/mol. The number of likely N-dealkylation sites (tertiary alicyclic amines) is 1. The molecule has 29 heavy (non-hydrogen) atoms. The highest BCUT2D eigenvalue weighted by Crippen LogP contribution is 2.22. The highest BCUT2D eigenvalue weighted by atomic mass is 35.5. The topological polar surface area (TPSA) is 84.9 Å². The van der Waals surface area contributed by atoms with E-state index in [1.54, 1.807) is 39.0 Å². The number of hydrogen-bond donors (Lipinski definition) is 1. The Bertz CT molecular complexity index is 764. The van der Waals surface area contributed by atoms with Crippen molar-refractivity contribution in [3.8, 4) is 0 Å². The Kier molecular flexibility index (Phi) is 8.16. The van der Waals surface area contributed by atoms with Crippen molar-refractivity contribution in [3.05, 3.63) is 33.8 Å². The average Bonchev–Trinajstić information content (AvgIpc) is 3.10. The van der Waals surface area contributed by atoms with Crippen molar-refractivity contribution in [3.63, 3.8) is 0 Å². The zero-order valence-corrected chi connectivity index (χ0v) is 18.3. The maximum atomic E-state index is 12.3. The van der Waals surface area contributed by atoms with Gasteiger partial charge in [0.05, 0.1) is 0 Å². The van der Waals surface area contributed by atoms with Crippen LogP contribution in [0.5, 0.6) is 0 Å². The number of ether oxygens (including phenoxy) is 2. The molecule has 1 unspecified atom stereocenters. The molecule has 7 nitrogen and oxygen atoms in total. The summed E-state index contributed by atoms with van der Waals surface area (Å²) in [6.07, 6.45) is 1.12. The summed E-state index contributed by atoms with van der Waals surface area (Å²) in [5.74, 6) is -1.03. The van der Waals surface area contributed by atoms with E-state index < -0.39 is 36.2 Å². The summed E-state index contributed by atoms with van der Waals surface area (Å²) >= 11 is 11.9. The van der Waals surface area contributed by atoms with E-state index >= 15 is 0 Å². The van der Waals surface area contributed by atoms with Crippen molar-refractivity contribution < 1.29 is 23.9 Å². The summed E-state index contributed by atoms with van der Waals surface area (Å²) in [5.41, 5.74) is 0.202. The molecule has 0 bridgehead atoms. The third-order valence-corrected chi connectivity index (χ3v) is 4.82. The number of carbonyl (C=O) groups is 3. The molecule has 1 heterocycles. The lowest BCUT2D eigenvalue weighted by Gasteiger charge is -2.27. The summed E-state index contributed by atoms with van der Waals surface area (Å²) in [4.78, 5) is 37.9. The lowest BCUT2D eigenvalue weighted by atomic mass is 10.1. The minimum atomic E-state index is -0.731. The van der Waals surface area contributed by atoms with Gasteiger partial charge in [0.2, 0.25) is 0 Å². The first-order valence-corrected chi connectivity index (χ1v) is 10.2. The molecule has 1 aliphatic heterocycles. The van der Waals surface area contributed by atoms with Crippen LogP contribution in [0.2, 0.25) is 10.0 Å². The normalized spacial score (nSPS) is 16.4. The van der Waals surface area contributed by atoms with Gasteiger partial charge in [0.15, 0.2) is 6.61 Å². The second-order valence-corrected chi connectivity index (χ2v) is 8.62. The molecular weight excluding hydrogens is 419 g/mol. The predicted octanol–water partition coefficient (Wildman–Crippen LogP) is 3.59. The van der Waals surface area contributed by atoms with E-state index in [9.17, 15) is 14.4 Å². The number of rotatable bonds is 6. The Labute approximate surface area is 180 Å². The maximum Gasteiger partial charge on any atom is 0.411 e.